The lowest BCUT2D eigenvalue weighted by Crippen LogP contribution is -2.26. The fraction of sp³-hybridized carbons (Fsp3) is 0.400. The van der Waals surface area contributed by atoms with Crippen molar-refractivity contribution < 1.29 is 22.6 Å². The molecule has 6 nitrogen and oxygen atoms in total. The maximum atomic E-state index is 13.3. The summed E-state index contributed by atoms with van der Waals surface area (Å²) >= 11 is 0. The summed E-state index contributed by atoms with van der Waals surface area (Å²) < 4.78 is 51.8. The van der Waals surface area contributed by atoms with Crippen LogP contribution in [0.3, 0.4) is 0 Å². The van der Waals surface area contributed by atoms with Crippen molar-refractivity contribution in [2.24, 2.45) is 0 Å². The van der Waals surface area contributed by atoms with Gasteiger partial charge in [0.1, 0.15) is 6.10 Å². The Hall–Kier alpha value is -2.42. The summed E-state index contributed by atoms with van der Waals surface area (Å²) in [6, 6.07) is 6.53. The highest BCUT2D eigenvalue weighted by Crippen LogP contribution is 2.32. The topological polar surface area (TPSA) is 61.5 Å². The van der Waals surface area contributed by atoms with Gasteiger partial charge in [-0.25, -0.2) is 4.98 Å². The molecule has 3 heterocycles. The van der Waals surface area contributed by atoms with Crippen LogP contribution in [-0.4, -0.2) is 38.9 Å². The highest BCUT2D eigenvalue weighted by Gasteiger charge is 2.38. The van der Waals surface area contributed by atoms with E-state index in [0.29, 0.717) is 31.6 Å². The van der Waals surface area contributed by atoms with E-state index in [2.05, 4.69) is 15.2 Å². The molecule has 4 rings (SSSR count). The first-order valence-corrected chi connectivity index (χ1v) is 7.49. The van der Waals surface area contributed by atoms with E-state index in [9.17, 15) is 13.2 Å². The van der Waals surface area contributed by atoms with Crippen LogP contribution in [0.15, 0.2) is 24.3 Å². The predicted octanol–water partition coefficient (Wildman–Crippen LogP) is 2.85. The smallest absolute Gasteiger partial charge is 0.452 e. The van der Waals surface area contributed by atoms with Crippen LogP contribution in [0.25, 0.3) is 16.7 Å². The Labute approximate surface area is 134 Å². The molecule has 0 saturated carbocycles. The Morgan fingerprint density at radius 2 is 1.88 bits per heavy atom. The Bertz CT molecular complexity index is 887. The van der Waals surface area contributed by atoms with Crippen LogP contribution in [-0.2, 0) is 10.9 Å². The quantitative estimate of drug-likeness (QED) is 0.719. The van der Waals surface area contributed by atoms with Crippen LogP contribution < -0.4 is 4.74 Å². The van der Waals surface area contributed by atoms with Crippen molar-refractivity contribution in [1.29, 1.82) is 0 Å². The van der Waals surface area contributed by atoms with E-state index in [1.807, 2.05) is 0 Å². The molecule has 0 aliphatic carbocycles. The van der Waals surface area contributed by atoms with Gasteiger partial charge < -0.3 is 9.47 Å². The van der Waals surface area contributed by atoms with E-state index >= 15 is 0 Å². The monoisotopic (exact) mass is 338 g/mol. The van der Waals surface area contributed by atoms with E-state index in [0.717, 1.165) is 4.40 Å². The number of aromatic nitrogens is 4. The molecule has 2 aromatic heterocycles. The van der Waals surface area contributed by atoms with Crippen LogP contribution in [0, 0.1) is 0 Å². The summed E-state index contributed by atoms with van der Waals surface area (Å²) in [4.78, 5) is 4.34. The van der Waals surface area contributed by atoms with Gasteiger partial charge in [0.15, 0.2) is 0 Å². The number of para-hydroxylation sites is 2. The number of hydrogen-bond donors (Lipinski definition) is 0. The highest BCUT2D eigenvalue weighted by atomic mass is 19.4. The van der Waals surface area contributed by atoms with E-state index in [1.54, 1.807) is 24.3 Å². The minimum Gasteiger partial charge on any atom is -0.471 e. The van der Waals surface area contributed by atoms with Gasteiger partial charge in [0.05, 0.1) is 24.2 Å². The molecule has 1 fully saturated rings. The molecule has 0 amide bonds. The summed E-state index contributed by atoms with van der Waals surface area (Å²) in [6.07, 6.45) is -3.48. The van der Waals surface area contributed by atoms with Crippen LogP contribution >= 0.6 is 0 Å². The van der Waals surface area contributed by atoms with Gasteiger partial charge in [-0.15, -0.1) is 10.2 Å². The van der Waals surface area contributed by atoms with Crippen LogP contribution in [0.2, 0.25) is 0 Å². The largest absolute Gasteiger partial charge is 0.471 e. The van der Waals surface area contributed by atoms with Crippen LogP contribution in [0.4, 0.5) is 13.2 Å². The third-order valence-electron chi connectivity index (χ3n) is 3.90. The number of nitrogens with zero attached hydrogens (tertiary/aromatic N) is 4. The molecule has 0 radical (unpaired) electrons. The Kier molecular flexibility index (Phi) is 3.52. The van der Waals surface area contributed by atoms with E-state index < -0.39 is 12.0 Å². The number of benzene rings is 1. The fourth-order valence-electron chi connectivity index (χ4n) is 2.77. The molecule has 3 aromatic rings. The van der Waals surface area contributed by atoms with Gasteiger partial charge in [-0.3, -0.25) is 4.40 Å². The minimum absolute atomic E-state index is 0.0347. The molecule has 0 bridgehead atoms. The van der Waals surface area contributed by atoms with Crippen molar-refractivity contribution in [1.82, 2.24) is 19.6 Å². The first-order valence-electron chi connectivity index (χ1n) is 7.49. The third kappa shape index (κ3) is 2.54. The second kappa shape index (κ2) is 5.59. The first-order chi connectivity index (χ1) is 11.5. The fourth-order valence-corrected chi connectivity index (χ4v) is 2.77. The number of rotatable bonds is 2. The van der Waals surface area contributed by atoms with Crippen molar-refractivity contribution >= 4 is 16.7 Å². The molecule has 1 aromatic carbocycles. The van der Waals surface area contributed by atoms with Gasteiger partial charge in [-0.2, -0.15) is 13.2 Å². The van der Waals surface area contributed by atoms with Gasteiger partial charge in [-0.1, -0.05) is 12.1 Å². The van der Waals surface area contributed by atoms with Crippen LogP contribution in [0.1, 0.15) is 18.7 Å². The second-order valence-electron chi connectivity index (χ2n) is 5.52. The van der Waals surface area contributed by atoms with Crippen molar-refractivity contribution in [2.75, 3.05) is 13.2 Å². The lowest BCUT2D eigenvalue weighted by atomic mass is 10.1. The van der Waals surface area contributed by atoms with Gasteiger partial charge in [0.2, 0.25) is 11.5 Å². The first kappa shape index (κ1) is 15.1. The second-order valence-corrected chi connectivity index (χ2v) is 5.52. The molecule has 9 heteroatoms. The molecule has 1 aliphatic rings. The average molecular weight is 338 g/mol. The van der Waals surface area contributed by atoms with Gasteiger partial charge >= 0.3 is 6.18 Å². The van der Waals surface area contributed by atoms with Crippen molar-refractivity contribution in [3.8, 4) is 5.88 Å². The van der Waals surface area contributed by atoms with Gasteiger partial charge in [-0.05, 0) is 12.1 Å². The lowest BCUT2D eigenvalue weighted by molar-refractivity contribution is -0.145. The average Bonchev–Trinajstić information content (AvgIpc) is 3.02. The molecular weight excluding hydrogens is 325 g/mol. The summed E-state index contributed by atoms with van der Waals surface area (Å²) in [5.41, 5.74) is 0.633. The summed E-state index contributed by atoms with van der Waals surface area (Å²) in [5, 5.41) is 6.99. The molecule has 24 heavy (non-hydrogen) atoms. The normalized spacial score (nSPS) is 16.8. The molecule has 126 valence electrons. The molecular formula is C15H13F3N4O2. The molecule has 0 unspecified atom stereocenters. The zero-order valence-electron chi connectivity index (χ0n) is 12.5. The Morgan fingerprint density at radius 3 is 2.62 bits per heavy atom. The number of alkyl halides is 3. The maximum absolute atomic E-state index is 13.3. The van der Waals surface area contributed by atoms with E-state index in [4.69, 9.17) is 9.47 Å². The van der Waals surface area contributed by atoms with Crippen LogP contribution in [0.5, 0.6) is 5.88 Å². The number of halogens is 3. The lowest BCUT2D eigenvalue weighted by Gasteiger charge is -2.23. The summed E-state index contributed by atoms with van der Waals surface area (Å²) in [7, 11) is 0. The van der Waals surface area contributed by atoms with Gasteiger partial charge in [0.25, 0.3) is 5.88 Å². The SMILES string of the molecule is FC(F)(F)c1nnc2c(OC3CCOCC3)nc3ccccc3n12. The van der Waals surface area contributed by atoms with Crippen molar-refractivity contribution in [3.05, 3.63) is 30.1 Å². The standard InChI is InChI=1S/C15H13F3N4O2/c16-15(17,18)14-21-20-12-13(24-9-5-7-23-8-6-9)19-10-3-1-2-4-11(10)22(12)14/h1-4,9H,5-8H2. The number of fused-ring (bicyclic) bond motifs is 3. The molecule has 1 saturated heterocycles. The van der Waals surface area contributed by atoms with Gasteiger partial charge in [0, 0.05) is 12.8 Å². The van der Waals surface area contributed by atoms with Crippen molar-refractivity contribution in [2.45, 2.75) is 25.1 Å². The third-order valence-corrected chi connectivity index (χ3v) is 3.90. The summed E-state index contributed by atoms with van der Waals surface area (Å²) in [5.74, 6) is -1.03. The van der Waals surface area contributed by atoms with E-state index in [-0.39, 0.29) is 23.1 Å². The molecule has 0 atom stereocenters. The highest BCUT2D eigenvalue weighted by molar-refractivity contribution is 5.79. The predicted molar refractivity (Wildman–Crippen MR) is 77.8 cm³/mol. The van der Waals surface area contributed by atoms with E-state index in [1.165, 1.54) is 0 Å². The Balaban J connectivity index is 1.91. The van der Waals surface area contributed by atoms with Crippen molar-refractivity contribution in [3.63, 3.8) is 0 Å². The zero-order valence-corrected chi connectivity index (χ0v) is 12.5. The zero-order chi connectivity index (χ0) is 16.7. The Morgan fingerprint density at radius 1 is 1.12 bits per heavy atom. The number of hydrogen-bond acceptors (Lipinski definition) is 5. The maximum Gasteiger partial charge on any atom is 0.452 e. The molecule has 0 spiro atoms. The summed E-state index contributed by atoms with van der Waals surface area (Å²) in [6.45, 7) is 1.10. The minimum atomic E-state index is -4.63. The molecule has 0 N–H and O–H groups in total. The number of ether oxygens (including phenoxy) is 2. The molecule has 1 aliphatic heterocycles.